The van der Waals surface area contributed by atoms with Crippen molar-refractivity contribution in [2.24, 2.45) is 4.99 Å². The number of aliphatic imine (C=N–C) groups is 1. The third kappa shape index (κ3) is 1.61. The molecule has 0 radical (unpaired) electrons. The van der Waals surface area contributed by atoms with Gasteiger partial charge in [0.25, 0.3) is 0 Å². The first kappa shape index (κ1) is 11.9. The average Bonchev–Trinajstić information content (AvgIpc) is 2.66. The van der Waals surface area contributed by atoms with Gasteiger partial charge < -0.3 is 5.32 Å². The van der Waals surface area contributed by atoms with Gasteiger partial charge in [0.15, 0.2) is 9.84 Å². The largest absolute Gasteiger partial charge is 0.317 e. The van der Waals surface area contributed by atoms with E-state index in [1.165, 1.54) is 6.26 Å². The zero-order chi connectivity index (χ0) is 12.8. The van der Waals surface area contributed by atoms with Crippen molar-refractivity contribution in [3.63, 3.8) is 0 Å². The fraction of sp³-hybridized carbons (Fsp3) is 0.462. The van der Waals surface area contributed by atoms with E-state index in [9.17, 15) is 8.42 Å². The Bertz CT molecular complexity index is 614. The summed E-state index contributed by atoms with van der Waals surface area (Å²) in [5.41, 5.74) is 1.50. The van der Waals surface area contributed by atoms with E-state index in [0.717, 1.165) is 37.2 Å². The number of hydrogen-bond donors (Lipinski definition) is 1. The summed E-state index contributed by atoms with van der Waals surface area (Å²) in [5, 5.41) is 3.65. The molecule has 1 aromatic carbocycles. The highest BCUT2D eigenvalue weighted by Crippen LogP contribution is 2.46. The number of nitrogens with zero attached hydrogens (tertiary/aromatic N) is 1. The van der Waals surface area contributed by atoms with Gasteiger partial charge in [-0.1, -0.05) is 18.2 Å². The van der Waals surface area contributed by atoms with Crippen LogP contribution in [0, 0.1) is 0 Å². The van der Waals surface area contributed by atoms with E-state index in [4.69, 9.17) is 0 Å². The molecule has 1 aromatic rings. The number of sulfone groups is 1. The number of fused-ring (bicyclic) bond motifs is 2. The molecule has 0 saturated carbocycles. The van der Waals surface area contributed by atoms with Crippen LogP contribution in [-0.2, 0) is 15.3 Å². The predicted octanol–water partition coefficient (Wildman–Crippen LogP) is 1.40. The van der Waals surface area contributed by atoms with Crippen LogP contribution in [0.3, 0.4) is 0 Å². The molecule has 1 saturated heterocycles. The van der Waals surface area contributed by atoms with Crippen molar-refractivity contribution < 1.29 is 8.42 Å². The minimum atomic E-state index is -3.26. The Morgan fingerprint density at radius 3 is 2.56 bits per heavy atom. The zero-order valence-corrected chi connectivity index (χ0v) is 11.1. The molecule has 96 valence electrons. The third-order valence-electron chi connectivity index (χ3n) is 3.86. The van der Waals surface area contributed by atoms with Crippen LogP contribution >= 0.6 is 0 Å². The summed E-state index contributed by atoms with van der Waals surface area (Å²) in [6.45, 7) is 1.67. The minimum absolute atomic E-state index is 0.359. The van der Waals surface area contributed by atoms with Gasteiger partial charge in [0.2, 0.25) is 0 Å². The molecule has 5 heteroatoms. The summed E-state index contributed by atoms with van der Waals surface area (Å²) < 4.78 is 24.0. The molecule has 0 atom stereocenters. The van der Waals surface area contributed by atoms with Gasteiger partial charge in [-0.2, -0.15) is 0 Å². The van der Waals surface area contributed by atoms with E-state index in [0.29, 0.717) is 5.04 Å². The Kier molecular flexibility index (Phi) is 2.57. The van der Waals surface area contributed by atoms with Gasteiger partial charge in [-0.15, -0.1) is 0 Å². The summed E-state index contributed by atoms with van der Waals surface area (Å²) in [6, 6.07) is 7.78. The first-order chi connectivity index (χ1) is 8.54. The van der Waals surface area contributed by atoms with Crippen molar-refractivity contribution >= 4 is 20.6 Å². The second kappa shape index (κ2) is 3.90. The molecule has 0 aliphatic carbocycles. The van der Waals surface area contributed by atoms with E-state index >= 15 is 0 Å². The van der Waals surface area contributed by atoms with Crippen LogP contribution in [0.25, 0.3) is 0 Å². The van der Waals surface area contributed by atoms with Crippen LogP contribution in [0.5, 0.6) is 0 Å². The molecule has 0 amide bonds. The maximum absolute atomic E-state index is 12.0. The lowest BCUT2D eigenvalue weighted by Crippen LogP contribution is -2.46. The molecule has 0 aromatic heterocycles. The van der Waals surface area contributed by atoms with Gasteiger partial charge >= 0.3 is 0 Å². The van der Waals surface area contributed by atoms with Gasteiger partial charge in [0.05, 0.1) is 11.1 Å². The number of nitrogens with one attached hydrogen (secondary N) is 1. The van der Waals surface area contributed by atoms with Crippen molar-refractivity contribution in [2.75, 3.05) is 19.3 Å². The maximum atomic E-state index is 12.0. The molecule has 4 nitrogen and oxygen atoms in total. The fourth-order valence-electron chi connectivity index (χ4n) is 3.08. The Labute approximate surface area is 107 Å². The van der Waals surface area contributed by atoms with E-state index in [1.54, 1.807) is 0 Å². The fourth-order valence-corrected chi connectivity index (χ4v) is 4.37. The van der Waals surface area contributed by atoms with Gasteiger partial charge in [-0.25, -0.2) is 13.4 Å². The second-order valence-corrected chi connectivity index (χ2v) is 6.97. The summed E-state index contributed by atoms with van der Waals surface area (Å²) in [7, 11) is -3.26. The summed E-state index contributed by atoms with van der Waals surface area (Å²) in [6.07, 6.45) is 2.87. The number of rotatable bonds is 0. The highest BCUT2D eigenvalue weighted by molar-refractivity contribution is 8.06. The standard InChI is InChI=1S/C13H16N2O2S/c1-18(16,17)12-13(6-8-14-9-7-13)10-4-2-3-5-11(10)15-12/h2-5,14H,6-9H2,1H3. The van der Waals surface area contributed by atoms with Crippen LogP contribution in [0.15, 0.2) is 29.3 Å². The molecule has 1 N–H and O–H groups in total. The second-order valence-electron chi connectivity index (χ2n) is 5.04. The van der Waals surface area contributed by atoms with Crippen molar-refractivity contribution in [2.45, 2.75) is 18.3 Å². The van der Waals surface area contributed by atoms with Gasteiger partial charge in [-0.3, -0.25) is 0 Å². The van der Waals surface area contributed by atoms with Gasteiger partial charge in [0, 0.05) is 6.26 Å². The monoisotopic (exact) mass is 264 g/mol. The SMILES string of the molecule is CS(=O)(=O)C1=Nc2ccccc2C12CCNCC2. The van der Waals surface area contributed by atoms with E-state index in [1.807, 2.05) is 24.3 Å². The zero-order valence-electron chi connectivity index (χ0n) is 10.3. The van der Waals surface area contributed by atoms with Gasteiger partial charge in [-0.05, 0) is 37.6 Å². The molecule has 18 heavy (non-hydrogen) atoms. The molecule has 1 fully saturated rings. The Balaban J connectivity index is 2.22. The minimum Gasteiger partial charge on any atom is -0.317 e. The van der Waals surface area contributed by atoms with Crippen molar-refractivity contribution in [1.29, 1.82) is 0 Å². The smallest absolute Gasteiger partial charge is 0.189 e. The van der Waals surface area contributed by atoms with Crippen LogP contribution < -0.4 is 5.32 Å². The molecule has 2 aliphatic heterocycles. The maximum Gasteiger partial charge on any atom is 0.189 e. The van der Waals surface area contributed by atoms with Crippen molar-refractivity contribution in [3.8, 4) is 0 Å². The molecular weight excluding hydrogens is 248 g/mol. The van der Waals surface area contributed by atoms with E-state index in [-0.39, 0.29) is 0 Å². The Hall–Kier alpha value is -1.20. The summed E-state index contributed by atoms with van der Waals surface area (Å²) in [5.74, 6) is 0. The average molecular weight is 264 g/mol. The summed E-state index contributed by atoms with van der Waals surface area (Å²) >= 11 is 0. The molecule has 2 heterocycles. The normalized spacial score (nSPS) is 21.7. The topological polar surface area (TPSA) is 58.5 Å². The van der Waals surface area contributed by atoms with Crippen molar-refractivity contribution in [1.82, 2.24) is 5.32 Å². The molecule has 2 aliphatic rings. The lowest BCUT2D eigenvalue weighted by Gasteiger charge is -2.35. The first-order valence-electron chi connectivity index (χ1n) is 6.13. The van der Waals surface area contributed by atoms with E-state index in [2.05, 4.69) is 10.3 Å². The lowest BCUT2D eigenvalue weighted by molar-refractivity contribution is 0.405. The van der Waals surface area contributed by atoms with Crippen LogP contribution in [0.1, 0.15) is 18.4 Å². The highest BCUT2D eigenvalue weighted by atomic mass is 32.2. The molecule has 3 rings (SSSR count). The number of para-hydroxylation sites is 1. The Morgan fingerprint density at radius 2 is 1.89 bits per heavy atom. The molecule has 0 bridgehead atoms. The summed E-state index contributed by atoms with van der Waals surface area (Å²) in [4.78, 5) is 4.40. The lowest BCUT2D eigenvalue weighted by atomic mass is 9.75. The highest BCUT2D eigenvalue weighted by Gasteiger charge is 2.47. The van der Waals surface area contributed by atoms with E-state index < -0.39 is 15.3 Å². The molecule has 1 spiro atoms. The van der Waals surface area contributed by atoms with Crippen LogP contribution in [-0.4, -0.2) is 32.8 Å². The molecule has 0 unspecified atom stereocenters. The predicted molar refractivity (Wildman–Crippen MR) is 72.2 cm³/mol. The Morgan fingerprint density at radius 1 is 1.22 bits per heavy atom. The first-order valence-corrected chi connectivity index (χ1v) is 8.03. The molecular formula is C13H16N2O2S. The van der Waals surface area contributed by atoms with Crippen molar-refractivity contribution in [3.05, 3.63) is 29.8 Å². The number of piperidine rings is 1. The van der Waals surface area contributed by atoms with Crippen LogP contribution in [0.2, 0.25) is 0 Å². The number of benzene rings is 1. The van der Waals surface area contributed by atoms with Crippen LogP contribution in [0.4, 0.5) is 5.69 Å². The third-order valence-corrected chi connectivity index (χ3v) is 5.04. The quantitative estimate of drug-likeness (QED) is 0.770. The number of hydrogen-bond acceptors (Lipinski definition) is 4. The van der Waals surface area contributed by atoms with Gasteiger partial charge in [0.1, 0.15) is 5.04 Å².